The van der Waals surface area contributed by atoms with Gasteiger partial charge >= 0.3 is 5.97 Å². The van der Waals surface area contributed by atoms with E-state index in [0.717, 1.165) is 5.56 Å². The van der Waals surface area contributed by atoms with Gasteiger partial charge in [-0.2, -0.15) is 0 Å². The van der Waals surface area contributed by atoms with Crippen LogP contribution in [0.4, 0.5) is 5.69 Å². The number of hydrogen-bond donors (Lipinski definition) is 0. The maximum atomic E-state index is 11.5. The second-order valence-corrected chi connectivity index (χ2v) is 4.87. The van der Waals surface area contributed by atoms with Gasteiger partial charge in [0.25, 0.3) is 5.69 Å². The predicted octanol–water partition coefficient (Wildman–Crippen LogP) is 2.48. The summed E-state index contributed by atoms with van der Waals surface area (Å²) in [6.07, 6.45) is 0. The Morgan fingerprint density at radius 2 is 2.05 bits per heavy atom. The smallest absolute Gasteiger partial charge is 0.314 e. The van der Waals surface area contributed by atoms with Crippen molar-refractivity contribution in [3.8, 4) is 5.75 Å². The average Bonchev–Trinajstić information content (AvgIpc) is 2.36. The Hall–Kier alpha value is -2.11. The SMILES string of the molecule is COC(=O)C(C)(C)COc1cc([N+](=O)[O-])ccc1C. The van der Waals surface area contributed by atoms with Crippen molar-refractivity contribution in [1.82, 2.24) is 0 Å². The van der Waals surface area contributed by atoms with Crippen LogP contribution in [0.15, 0.2) is 18.2 Å². The van der Waals surface area contributed by atoms with E-state index in [9.17, 15) is 14.9 Å². The van der Waals surface area contributed by atoms with E-state index in [1.54, 1.807) is 26.8 Å². The Morgan fingerprint density at radius 3 is 2.58 bits per heavy atom. The summed E-state index contributed by atoms with van der Waals surface area (Å²) in [4.78, 5) is 21.7. The molecule has 0 aliphatic heterocycles. The van der Waals surface area contributed by atoms with Crippen LogP contribution in [0.25, 0.3) is 0 Å². The maximum absolute atomic E-state index is 11.5. The number of nitro groups is 1. The summed E-state index contributed by atoms with van der Waals surface area (Å²) in [5.41, 5.74) is -0.0889. The molecule has 0 radical (unpaired) electrons. The van der Waals surface area contributed by atoms with Gasteiger partial charge in [-0.25, -0.2) is 0 Å². The third-order valence-corrected chi connectivity index (χ3v) is 2.71. The van der Waals surface area contributed by atoms with Crippen molar-refractivity contribution >= 4 is 11.7 Å². The Balaban J connectivity index is 2.85. The average molecular weight is 267 g/mol. The summed E-state index contributed by atoms with van der Waals surface area (Å²) in [5, 5.41) is 10.7. The molecule has 0 aromatic heterocycles. The fraction of sp³-hybridized carbons (Fsp3) is 0.462. The molecule has 0 spiro atoms. The van der Waals surface area contributed by atoms with E-state index in [1.165, 1.54) is 19.2 Å². The second-order valence-electron chi connectivity index (χ2n) is 4.87. The minimum atomic E-state index is -0.814. The number of benzene rings is 1. The summed E-state index contributed by atoms with van der Waals surface area (Å²) in [7, 11) is 1.31. The van der Waals surface area contributed by atoms with Crippen LogP contribution in [-0.2, 0) is 9.53 Å². The van der Waals surface area contributed by atoms with Crippen molar-refractivity contribution in [3.63, 3.8) is 0 Å². The number of non-ortho nitro benzene ring substituents is 1. The van der Waals surface area contributed by atoms with Gasteiger partial charge in [0.05, 0.1) is 23.5 Å². The number of carbonyl (C=O) groups excluding carboxylic acids is 1. The van der Waals surface area contributed by atoms with Crippen molar-refractivity contribution in [2.24, 2.45) is 5.41 Å². The van der Waals surface area contributed by atoms with Gasteiger partial charge in [-0.1, -0.05) is 0 Å². The third kappa shape index (κ3) is 3.67. The molecular weight excluding hydrogens is 250 g/mol. The molecule has 0 saturated carbocycles. The lowest BCUT2D eigenvalue weighted by atomic mass is 9.95. The Labute approximate surface area is 111 Å². The van der Waals surface area contributed by atoms with E-state index < -0.39 is 16.3 Å². The molecule has 0 heterocycles. The highest BCUT2D eigenvalue weighted by Crippen LogP contribution is 2.26. The molecule has 0 atom stereocenters. The standard InChI is InChI=1S/C13H17NO5/c1-9-5-6-10(14(16)17)7-11(9)19-8-13(2,3)12(15)18-4/h5-7H,8H2,1-4H3. The summed E-state index contributed by atoms with van der Waals surface area (Å²) in [6.45, 7) is 5.24. The highest BCUT2D eigenvalue weighted by molar-refractivity contribution is 5.75. The number of esters is 1. The van der Waals surface area contributed by atoms with E-state index in [0.29, 0.717) is 5.75 Å². The van der Waals surface area contributed by atoms with Crippen LogP contribution in [-0.4, -0.2) is 24.6 Å². The molecule has 0 aliphatic rings. The first-order valence-corrected chi connectivity index (χ1v) is 5.74. The van der Waals surface area contributed by atoms with Crippen molar-refractivity contribution in [3.05, 3.63) is 33.9 Å². The molecule has 6 heteroatoms. The molecule has 19 heavy (non-hydrogen) atoms. The highest BCUT2D eigenvalue weighted by atomic mass is 16.6. The molecule has 1 aromatic rings. The summed E-state index contributed by atoms with van der Waals surface area (Å²) >= 11 is 0. The van der Waals surface area contributed by atoms with Crippen LogP contribution in [0.5, 0.6) is 5.75 Å². The van der Waals surface area contributed by atoms with Gasteiger partial charge in [0, 0.05) is 6.07 Å². The van der Waals surface area contributed by atoms with Crippen LogP contribution in [0.2, 0.25) is 0 Å². The molecule has 1 rings (SSSR count). The lowest BCUT2D eigenvalue weighted by molar-refractivity contribution is -0.385. The predicted molar refractivity (Wildman–Crippen MR) is 69.1 cm³/mol. The zero-order valence-corrected chi connectivity index (χ0v) is 11.4. The first-order chi connectivity index (χ1) is 8.77. The van der Waals surface area contributed by atoms with Crippen LogP contribution in [0, 0.1) is 22.5 Å². The van der Waals surface area contributed by atoms with Crippen LogP contribution in [0.3, 0.4) is 0 Å². The van der Waals surface area contributed by atoms with E-state index in [4.69, 9.17) is 4.74 Å². The van der Waals surface area contributed by atoms with Crippen molar-refractivity contribution in [1.29, 1.82) is 0 Å². The molecule has 0 aliphatic carbocycles. The molecule has 104 valence electrons. The second kappa shape index (κ2) is 5.69. The largest absolute Gasteiger partial charge is 0.492 e. The molecule has 1 aromatic carbocycles. The van der Waals surface area contributed by atoms with Crippen LogP contribution in [0.1, 0.15) is 19.4 Å². The number of rotatable bonds is 5. The molecular formula is C13H17NO5. The van der Waals surface area contributed by atoms with E-state index in [2.05, 4.69) is 4.74 Å². The van der Waals surface area contributed by atoms with E-state index >= 15 is 0 Å². The molecule has 0 unspecified atom stereocenters. The summed E-state index contributed by atoms with van der Waals surface area (Å²) < 4.78 is 10.2. The van der Waals surface area contributed by atoms with Gasteiger partial charge in [-0.3, -0.25) is 14.9 Å². The number of hydrogen-bond acceptors (Lipinski definition) is 5. The fourth-order valence-electron chi connectivity index (χ4n) is 1.45. The van der Waals surface area contributed by atoms with Crippen LogP contribution < -0.4 is 4.74 Å². The molecule has 0 saturated heterocycles. The normalized spacial score (nSPS) is 10.9. The number of methoxy groups -OCH3 is 1. The Bertz CT molecular complexity index is 496. The maximum Gasteiger partial charge on any atom is 0.314 e. The van der Waals surface area contributed by atoms with Crippen molar-refractivity contribution < 1.29 is 19.2 Å². The highest BCUT2D eigenvalue weighted by Gasteiger charge is 2.30. The van der Waals surface area contributed by atoms with Gasteiger partial charge in [-0.15, -0.1) is 0 Å². The Kier molecular flexibility index (Phi) is 4.47. The topological polar surface area (TPSA) is 78.7 Å². The van der Waals surface area contributed by atoms with Crippen LogP contribution >= 0.6 is 0 Å². The van der Waals surface area contributed by atoms with E-state index in [1.807, 2.05) is 0 Å². The molecule has 0 amide bonds. The molecule has 6 nitrogen and oxygen atoms in total. The monoisotopic (exact) mass is 267 g/mol. The number of ether oxygens (including phenoxy) is 2. The van der Waals surface area contributed by atoms with Gasteiger partial charge in [0.1, 0.15) is 12.4 Å². The summed E-state index contributed by atoms with van der Waals surface area (Å²) in [5.74, 6) is 0.00163. The number of aryl methyl sites for hydroxylation is 1. The minimum absolute atomic E-state index is 0.0449. The lowest BCUT2D eigenvalue weighted by Crippen LogP contribution is -2.32. The minimum Gasteiger partial charge on any atom is -0.492 e. The molecule has 0 fully saturated rings. The Morgan fingerprint density at radius 1 is 1.42 bits per heavy atom. The third-order valence-electron chi connectivity index (χ3n) is 2.71. The lowest BCUT2D eigenvalue weighted by Gasteiger charge is -2.22. The van der Waals surface area contributed by atoms with Gasteiger partial charge in [0.2, 0.25) is 0 Å². The van der Waals surface area contributed by atoms with Gasteiger partial charge < -0.3 is 9.47 Å². The number of carbonyl (C=O) groups is 1. The van der Waals surface area contributed by atoms with Gasteiger partial charge in [-0.05, 0) is 32.4 Å². The van der Waals surface area contributed by atoms with Gasteiger partial charge in [0.15, 0.2) is 0 Å². The first-order valence-electron chi connectivity index (χ1n) is 5.74. The van der Waals surface area contributed by atoms with E-state index in [-0.39, 0.29) is 12.3 Å². The molecule has 0 N–H and O–H groups in total. The zero-order valence-electron chi connectivity index (χ0n) is 11.4. The quantitative estimate of drug-likeness (QED) is 0.465. The van der Waals surface area contributed by atoms with Crippen molar-refractivity contribution in [2.75, 3.05) is 13.7 Å². The first kappa shape index (κ1) is 14.9. The number of nitro benzene ring substituents is 1. The zero-order chi connectivity index (χ0) is 14.6. The molecule has 0 bridgehead atoms. The van der Waals surface area contributed by atoms with Crippen molar-refractivity contribution in [2.45, 2.75) is 20.8 Å². The summed E-state index contributed by atoms with van der Waals surface area (Å²) in [6, 6.07) is 4.37. The number of nitrogens with zero attached hydrogens (tertiary/aromatic N) is 1. The fourth-order valence-corrected chi connectivity index (χ4v) is 1.45.